The minimum absolute atomic E-state index is 0.239. The number of rotatable bonds is 3. The predicted molar refractivity (Wildman–Crippen MR) is 95.9 cm³/mol. The average molecular weight is 351 g/mol. The van der Waals surface area contributed by atoms with Crippen LogP contribution < -0.4 is 5.32 Å². The van der Waals surface area contributed by atoms with Crippen LogP contribution in [0.25, 0.3) is 0 Å². The van der Waals surface area contributed by atoms with Gasteiger partial charge in [-0.1, -0.05) is 24.3 Å². The van der Waals surface area contributed by atoms with Crippen LogP contribution in [0.2, 0.25) is 0 Å². The van der Waals surface area contributed by atoms with Crippen molar-refractivity contribution in [2.24, 2.45) is 0 Å². The van der Waals surface area contributed by atoms with Gasteiger partial charge in [0.25, 0.3) is 5.91 Å². The van der Waals surface area contributed by atoms with Crippen molar-refractivity contribution in [2.45, 2.75) is 38.6 Å². The van der Waals surface area contributed by atoms with E-state index < -0.39 is 11.6 Å². The molecule has 2 aromatic rings. The maximum atomic E-state index is 13.2. The maximum absolute atomic E-state index is 13.2. The molecule has 0 radical (unpaired) electrons. The van der Waals surface area contributed by atoms with E-state index in [1.54, 1.807) is 6.07 Å². The number of ketones is 1. The molecular formula is C20H21N3O3. The number of hydrogen-bond acceptors (Lipinski definition) is 3. The monoisotopic (exact) mass is 351 g/mol. The van der Waals surface area contributed by atoms with Gasteiger partial charge in [-0.15, -0.1) is 0 Å². The number of benzene rings is 1. The number of Topliss-reactive ketones (excluding diaryl/α,β-unsaturated/α-hetero) is 1. The zero-order valence-corrected chi connectivity index (χ0v) is 14.9. The third-order valence-electron chi connectivity index (χ3n) is 5.40. The number of nitrogens with one attached hydrogen (secondary N) is 2. The fourth-order valence-electron chi connectivity index (χ4n) is 4.20. The van der Waals surface area contributed by atoms with Crippen molar-refractivity contribution < 1.29 is 14.4 Å². The quantitative estimate of drug-likeness (QED) is 0.659. The van der Waals surface area contributed by atoms with Crippen LogP contribution in [-0.4, -0.2) is 34.2 Å². The minimum Gasteiger partial charge on any atom is -0.362 e. The molecule has 2 heterocycles. The lowest BCUT2D eigenvalue weighted by Gasteiger charge is -2.33. The van der Waals surface area contributed by atoms with Crippen molar-refractivity contribution >= 4 is 17.7 Å². The Kier molecular flexibility index (Phi) is 3.72. The highest BCUT2D eigenvalue weighted by atomic mass is 16.2. The summed E-state index contributed by atoms with van der Waals surface area (Å²) in [5, 5.41) is 2.88. The lowest BCUT2D eigenvalue weighted by Crippen LogP contribution is -2.46. The average Bonchev–Trinajstić information content (AvgIpc) is 3.07. The van der Waals surface area contributed by atoms with Gasteiger partial charge >= 0.3 is 6.03 Å². The van der Waals surface area contributed by atoms with Gasteiger partial charge in [0.2, 0.25) is 0 Å². The number of nitrogens with zero attached hydrogens (tertiary/aromatic N) is 1. The van der Waals surface area contributed by atoms with Crippen LogP contribution in [0.15, 0.2) is 30.3 Å². The standard InChI is InChI=1S/C20H21N3O3/c1-12-10-15(13(2)21-12)17(24)11-23-18(25)20(22-19(23)26)9-5-7-14-6-3-4-8-16(14)20/h3-4,6,8,10,21H,5,7,9,11H2,1-2H3,(H,22,26). The number of hydrogen-bond donors (Lipinski definition) is 2. The van der Waals surface area contributed by atoms with E-state index in [9.17, 15) is 14.4 Å². The summed E-state index contributed by atoms with van der Waals surface area (Å²) < 4.78 is 0. The van der Waals surface area contributed by atoms with E-state index in [1.165, 1.54) is 0 Å². The number of aromatic nitrogens is 1. The fourth-order valence-corrected chi connectivity index (χ4v) is 4.20. The van der Waals surface area contributed by atoms with E-state index in [2.05, 4.69) is 10.3 Å². The molecular weight excluding hydrogens is 330 g/mol. The van der Waals surface area contributed by atoms with Gasteiger partial charge in [0.05, 0.1) is 6.54 Å². The molecule has 4 rings (SSSR count). The largest absolute Gasteiger partial charge is 0.362 e. The third kappa shape index (κ3) is 2.36. The molecule has 6 heteroatoms. The van der Waals surface area contributed by atoms with E-state index in [0.717, 1.165) is 40.3 Å². The van der Waals surface area contributed by atoms with Gasteiger partial charge in [0.1, 0.15) is 5.54 Å². The summed E-state index contributed by atoms with van der Waals surface area (Å²) >= 11 is 0. The van der Waals surface area contributed by atoms with Gasteiger partial charge < -0.3 is 10.3 Å². The van der Waals surface area contributed by atoms with Crippen LogP contribution in [0, 0.1) is 13.8 Å². The van der Waals surface area contributed by atoms with Gasteiger partial charge in [0.15, 0.2) is 5.78 Å². The van der Waals surface area contributed by atoms with E-state index in [-0.39, 0.29) is 18.2 Å². The van der Waals surface area contributed by atoms with Gasteiger partial charge in [-0.3, -0.25) is 14.5 Å². The molecule has 2 N–H and O–H groups in total. The molecule has 1 aliphatic carbocycles. The van der Waals surface area contributed by atoms with Crippen LogP contribution >= 0.6 is 0 Å². The molecule has 2 aliphatic rings. The Morgan fingerprint density at radius 3 is 2.73 bits per heavy atom. The number of carbonyl (C=O) groups is 3. The predicted octanol–water partition coefficient (Wildman–Crippen LogP) is 2.60. The number of fused-ring (bicyclic) bond motifs is 2. The van der Waals surface area contributed by atoms with E-state index in [1.807, 2.05) is 38.1 Å². The van der Waals surface area contributed by atoms with Crippen molar-refractivity contribution in [1.82, 2.24) is 15.2 Å². The molecule has 134 valence electrons. The van der Waals surface area contributed by atoms with Gasteiger partial charge in [-0.25, -0.2) is 4.79 Å². The third-order valence-corrected chi connectivity index (χ3v) is 5.40. The number of urea groups is 1. The normalized spacial score (nSPS) is 21.8. The highest BCUT2D eigenvalue weighted by Crippen LogP contribution is 2.39. The lowest BCUT2D eigenvalue weighted by atomic mass is 9.76. The summed E-state index contributed by atoms with van der Waals surface area (Å²) in [5.74, 6) is -0.565. The summed E-state index contributed by atoms with van der Waals surface area (Å²) in [5.41, 5.74) is 3.05. The second-order valence-electron chi connectivity index (χ2n) is 7.15. The molecule has 26 heavy (non-hydrogen) atoms. The number of carbonyl (C=O) groups excluding carboxylic acids is 3. The van der Waals surface area contributed by atoms with Crippen LogP contribution in [0.3, 0.4) is 0 Å². The molecule has 1 unspecified atom stereocenters. The van der Waals surface area contributed by atoms with Crippen molar-refractivity contribution in [3.63, 3.8) is 0 Å². The second-order valence-corrected chi connectivity index (χ2v) is 7.15. The Morgan fingerprint density at radius 1 is 1.23 bits per heavy atom. The summed E-state index contributed by atoms with van der Waals surface area (Å²) in [4.78, 5) is 42.5. The van der Waals surface area contributed by atoms with Crippen LogP contribution in [-0.2, 0) is 16.8 Å². The van der Waals surface area contributed by atoms with E-state index >= 15 is 0 Å². The second kappa shape index (κ2) is 5.83. The maximum Gasteiger partial charge on any atom is 0.325 e. The summed E-state index contributed by atoms with van der Waals surface area (Å²) in [6.07, 6.45) is 2.27. The number of aromatic amines is 1. The van der Waals surface area contributed by atoms with Crippen molar-refractivity contribution in [2.75, 3.05) is 6.54 Å². The van der Waals surface area contributed by atoms with Gasteiger partial charge in [0, 0.05) is 17.0 Å². The SMILES string of the molecule is Cc1cc(C(=O)CN2C(=O)NC3(CCCc4ccccc43)C2=O)c(C)[nH]1. The summed E-state index contributed by atoms with van der Waals surface area (Å²) in [7, 11) is 0. The Bertz CT molecular complexity index is 930. The van der Waals surface area contributed by atoms with E-state index in [0.29, 0.717) is 12.0 Å². The Morgan fingerprint density at radius 2 is 2.00 bits per heavy atom. The Balaban J connectivity index is 1.65. The van der Waals surface area contributed by atoms with Gasteiger partial charge in [-0.2, -0.15) is 0 Å². The number of imide groups is 1. The first-order valence-corrected chi connectivity index (χ1v) is 8.84. The van der Waals surface area contributed by atoms with Crippen LogP contribution in [0.5, 0.6) is 0 Å². The first-order chi connectivity index (χ1) is 12.4. The van der Waals surface area contributed by atoms with Crippen molar-refractivity contribution in [3.05, 3.63) is 58.4 Å². The molecule has 1 fully saturated rings. The Labute approximate surface area is 151 Å². The zero-order valence-electron chi connectivity index (χ0n) is 14.9. The molecule has 1 saturated heterocycles. The molecule has 0 bridgehead atoms. The minimum atomic E-state index is -1.03. The smallest absolute Gasteiger partial charge is 0.325 e. The highest BCUT2D eigenvalue weighted by molar-refractivity contribution is 6.11. The highest BCUT2D eigenvalue weighted by Gasteiger charge is 2.54. The molecule has 1 atom stereocenters. The molecule has 3 amide bonds. The zero-order chi connectivity index (χ0) is 18.5. The number of amides is 3. The fraction of sp³-hybridized carbons (Fsp3) is 0.350. The van der Waals surface area contributed by atoms with Crippen LogP contribution in [0.1, 0.15) is 45.7 Å². The van der Waals surface area contributed by atoms with Crippen molar-refractivity contribution in [1.29, 1.82) is 0 Å². The summed E-state index contributed by atoms with van der Waals surface area (Å²) in [6, 6.07) is 8.97. The molecule has 1 aliphatic heterocycles. The first kappa shape index (κ1) is 16.6. The first-order valence-electron chi connectivity index (χ1n) is 8.84. The molecule has 1 aromatic carbocycles. The number of H-pyrrole nitrogens is 1. The van der Waals surface area contributed by atoms with Gasteiger partial charge in [-0.05, 0) is 50.3 Å². The molecule has 1 aromatic heterocycles. The van der Waals surface area contributed by atoms with Crippen LogP contribution in [0.4, 0.5) is 4.79 Å². The van der Waals surface area contributed by atoms with Crippen molar-refractivity contribution in [3.8, 4) is 0 Å². The Hall–Kier alpha value is -2.89. The topological polar surface area (TPSA) is 82.3 Å². The number of aryl methyl sites for hydroxylation is 3. The lowest BCUT2D eigenvalue weighted by molar-refractivity contribution is -0.131. The molecule has 6 nitrogen and oxygen atoms in total. The molecule has 0 saturated carbocycles. The van der Waals surface area contributed by atoms with E-state index in [4.69, 9.17) is 0 Å². The summed E-state index contributed by atoms with van der Waals surface area (Å²) in [6.45, 7) is 3.43. The molecule has 1 spiro atoms.